The van der Waals surface area contributed by atoms with Gasteiger partial charge in [-0.15, -0.1) is 45.3 Å². The third-order valence-corrected chi connectivity index (χ3v) is 10.4. The normalized spacial score (nSPS) is 11.2. The lowest BCUT2D eigenvalue weighted by atomic mass is 10.1. The van der Waals surface area contributed by atoms with Crippen molar-refractivity contribution in [2.45, 2.75) is 13.8 Å². The lowest BCUT2D eigenvalue weighted by Gasteiger charge is -2.01. The van der Waals surface area contributed by atoms with Crippen molar-refractivity contribution in [2.24, 2.45) is 0 Å². The molecule has 6 rings (SSSR count). The molecular formula is C30H22S4. The van der Waals surface area contributed by atoms with Crippen molar-refractivity contribution < 1.29 is 0 Å². The van der Waals surface area contributed by atoms with Gasteiger partial charge in [-0.2, -0.15) is 0 Å². The summed E-state index contributed by atoms with van der Waals surface area (Å²) in [7, 11) is 0. The molecule has 166 valence electrons. The first kappa shape index (κ1) is 21.8. The molecule has 0 saturated carbocycles. The van der Waals surface area contributed by atoms with Gasteiger partial charge in [0.05, 0.1) is 0 Å². The number of thiophene rings is 4. The Morgan fingerprint density at radius 3 is 0.853 bits per heavy atom. The zero-order valence-corrected chi connectivity index (χ0v) is 22.1. The van der Waals surface area contributed by atoms with E-state index < -0.39 is 0 Å². The van der Waals surface area contributed by atoms with Crippen LogP contribution in [-0.2, 0) is 0 Å². The van der Waals surface area contributed by atoms with E-state index in [1.54, 1.807) is 0 Å². The predicted molar refractivity (Wildman–Crippen MR) is 155 cm³/mol. The molecule has 4 aromatic heterocycles. The largest absolute Gasteiger partial charge is 0.141 e. The lowest BCUT2D eigenvalue weighted by Crippen LogP contribution is -1.74. The highest BCUT2D eigenvalue weighted by Gasteiger charge is 2.10. The van der Waals surface area contributed by atoms with Crippen LogP contribution in [-0.4, -0.2) is 0 Å². The Bertz CT molecular complexity index is 1430. The Labute approximate surface area is 216 Å². The fourth-order valence-corrected chi connectivity index (χ4v) is 7.89. The molecule has 0 aliphatic carbocycles. The number of aryl methyl sites for hydroxylation is 2. The van der Waals surface area contributed by atoms with Gasteiger partial charge in [-0.05, 0) is 84.6 Å². The second-order valence-electron chi connectivity index (χ2n) is 8.30. The molecule has 0 unspecified atom stereocenters. The SMILES string of the molecule is Cc1ccc(-c2ccc(-c3ccc(-c4ccc(-c5ccc(-c6ccc(C)s6)cc5)s4)s3)cc2)s1. The molecule has 0 N–H and O–H groups in total. The van der Waals surface area contributed by atoms with E-state index in [1.807, 2.05) is 45.3 Å². The molecule has 0 fully saturated rings. The molecule has 4 heteroatoms. The molecule has 34 heavy (non-hydrogen) atoms. The Morgan fingerprint density at radius 1 is 0.294 bits per heavy atom. The Morgan fingerprint density at radius 2 is 0.559 bits per heavy atom. The first-order valence-corrected chi connectivity index (χ1v) is 14.4. The average Bonchev–Trinajstić information content (AvgIpc) is 3.66. The van der Waals surface area contributed by atoms with Gasteiger partial charge in [0.1, 0.15) is 0 Å². The van der Waals surface area contributed by atoms with E-state index in [2.05, 4.69) is 111 Å². The van der Waals surface area contributed by atoms with E-state index in [9.17, 15) is 0 Å². The van der Waals surface area contributed by atoms with Crippen molar-refractivity contribution in [1.29, 1.82) is 0 Å². The number of hydrogen-bond donors (Lipinski definition) is 0. The molecular weight excluding hydrogens is 489 g/mol. The standard InChI is InChI=1S/C30H22S4/c1-19-3-13-25(31-19)21-5-9-23(10-6-21)27-15-17-29(33-27)30-18-16-28(34-30)24-11-7-22(8-12-24)26-14-4-20(2)32-26/h3-18H,1-2H3. The second kappa shape index (κ2) is 9.12. The summed E-state index contributed by atoms with van der Waals surface area (Å²) in [6.07, 6.45) is 0. The van der Waals surface area contributed by atoms with E-state index in [0.29, 0.717) is 0 Å². The molecule has 0 nitrogen and oxygen atoms in total. The van der Waals surface area contributed by atoms with Crippen molar-refractivity contribution in [2.75, 3.05) is 0 Å². The van der Waals surface area contributed by atoms with Gasteiger partial charge in [-0.25, -0.2) is 0 Å². The van der Waals surface area contributed by atoms with Crippen LogP contribution in [0.4, 0.5) is 0 Å². The van der Waals surface area contributed by atoms with Gasteiger partial charge >= 0.3 is 0 Å². The summed E-state index contributed by atoms with van der Waals surface area (Å²) >= 11 is 7.44. The molecule has 0 spiro atoms. The number of hydrogen-bond acceptors (Lipinski definition) is 4. The second-order valence-corrected chi connectivity index (χ2v) is 13.0. The van der Waals surface area contributed by atoms with Crippen LogP contribution in [0.15, 0.2) is 97.1 Å². The van der Waals surface area contributed by atoms with Gasteiger partial charge < -0.3 is 0 Å². The zero-order valence-electron chi connectivity index (χ0n) is 18.9. The summed E-state index contributed by atoms with van der Waals surface area (Å²) in [4.78, 5) is 10.7. The molecule has 2 aromatic carbocycles. The Hall–Kier alpha value is -2.76. The van der Waals surface area contributed by atoms with Gasteiger partial charge in [-0.3, -0.25) is 0 Å². The summed E-state index contributed by atoms with van der Waals surface area (Å²) < 4.78 is 0. The fourth-order valence-electron chi connectivity index (χ4n) is 4.03. The summed E-state index contributed by atoms with van der Waals surface area (Å²) in [6, 6.07) is 35.8. The molecule has 0 aliphatic rings. The summed E-state index contributed by atoms with van der Waals surface area (Å²) in [5, 5.41) is 0. The highest BCUT2D eigenvalue weighted by Crippen LogP contribution is 2.41. The van der Waals surface area contributed by atoms with Crippen molar-refractivity contribution in [3.8, 4) is 51.5 Å². The maximum atomic E-state index is 2.26. The van der Waals surface area contributed by atoms with Crippen LogP contribution in [0.1, 0.15) is 9.75 Å². The van der Waals surface area contributed by atoms with Crippen molar-refractivity contribution in [3.05, 3.63) is 107 Å². The molecule has 6 aromatic rings. The van der Waals surface area contributed by atoms with Gasteiger partial charge in [0.25, 0.3) is 0 Å². The molecule has 0 amide bonds. The maximum absolute atomic E-state index is 2.26. The first-order valence-electron chi connectivity index (χ1n) is 11.2. The van der Waals surface area contributed by atoms with Gasteiger partial charge in [0.15, 0.2) is 0 Å². The summed E-state index contributed by atoms with van der Waals surface area (Å²) in [6.45, 7) is 4.32. The van der Waals surface area contributed by atoms with Crippen molar-refractivity contribution in [1.82, 2.24) is 0 Å². The average molecular weight is 511 g/mol. The topological polar surface area (TPSA) is 0 Å². The fraction of sp³-hybridized carbons (Fsp3) is 0.0667. The molecule has 4 heterocycles. The van der Waals surface area contributed by atoms with Crippen LogP contribution in [0.2, 0.25) is 0 Å². The minimum Gasteiger partial charge on any atom is -0.141 e. The van der Waals surface area contributed by atoms with Crippen LogP contribution in [0.3, 0.4) is 0 Å². The molecule has 0 radical (unpaired) electrons. The van der Waals surface area contributed by atoms with Crippen LogP contribution in [0.25, 0.3) is 51.5 Å². The number of benzene rings is 2. The smallest absolute Gasteiger partial charge is 0.0449 e. The van der Waals surface area contributed by atoms with Gasteiger partial charge in [0, 0.05) is 39.0 Å². The van der Waals surface area contributed by atoms with E-state index >= 15 is 0 Å². The molecule has 0 bridgehead atoms. The van der Waals surface area contributed by atoms with Crippen molar-refractivity contribution in [3.63, 3.8) is 0 Å². The highest BCUT2D eigenvalue weighted by atomic mass is 32.1. The third kappa shape index (κ3) is 4.35. The van der Waals surface area contributed by atoms with Crippen LogP contribution in [0, 0.1) is 13.8 Å². The number of rotatable bonds is 5. The Balaban J connectivity index is 1.21. The van der Waals surface area contributed by atoms with Gasteiger partial charge in [-0.1, -0.05) is 48.5 Å². The third-order valence-electron chi connectivity index (χ3n) is 5.84. The monoisotopic (exact) mass is 510 g/mol. The highest BCUT2D eigenvalue weighted by molar-refractivity contribution is 7.25. The van der Waals surface area contributed by atoms with E-state index in [0.717, 1.165) is 0 Å². The Kier molecular flexibility index (Phi) is 5.84. The van der Waals surface area contributed by atoms with Crippen LogP contribution in [0.5, 0.6) is 0 Å². The quantitative estimate of drug-likeness (QED) is 0.216. The van der Waals surface area contributed by atoms with Crippen LogP contribution < -0.4 is 0 Å². The molecule has 0 saturated heterocycles. The summed E-state index contributed by atoms with van der Waals surface area (Å²) in [5.41, 5.74) is 5.15. The van der Waals surface area contributed by atoms with Crippen LogP contribution >= 0.6 is 45.3 Å². The van der Waals surface area contributed by atoms with Gasteiger partial charge in [0.2, 0.25) is 0 Å². The minimum absolute atomic E-state index is 1.28. The molecule has 0 aliphatic heterocycles. The van der Waals surface area contributed by atoms with Crippen molar-refractivity contribution >= 4 is 45.3 Å². The predicted octanol–water partition coefficient (Wildman–Crippen LogP) is 10.9. The lowest BCUT2D eigenvalue weighted by molar-refractivity contribution is 1.64. The minimum atomic E-state index is 1.28. The van der Waals surface area contributed by atoms with E-state index in [4.69, 9.17) is 0 Å². The maximum Gasteiger partial charge on any atom is 0.0449 e. The first-order chi connectivity index (χ1) is 16.6. The summed E-state index contributed by atoms with van der Waals surface area (Å²) in [5.74, 6) is 0. The van der Waals surface area contributed by atoms with E-state index in [1.165, 1.54) is 61.3 Å². The molecule has 0 atom stereocenters. The zero-order chi connectivity index (χ0) is 23.1. The van der Waals surface area contributed by atoms with E-state index in [-0.39, 0.29) is 0 Å².